The zero-order chi connectivity index (χ0) is 18.0. The minimum absolute atomic E-state index is 0.175. The van der Waals surface area contributed by atoms with Crippen LogP contribution >= 0.6 is 23.2 Å². The van der Waals surface area contributed by atoms with Crippen molar-refractivity contribution in [2.24, 2.45) is 0 Å². The van der Waals surface area contributed by atoms with E-state index in [2.05, 4.69) is 0 Å². The van der Waals surface area contributed by atoms with E-state index in [9.17, 15) is 8.42 Å². The van der Waals surface area contributed by atoms with Crippen molar-refractivity contribution in [2.75, 3.05) is 13.1 Å². The average molecular weight is 398 g/mol. The average Bonchev–Trinajstić information content (AvgIpc) is 2.84. The Balaban J connectivity index is 1.92. The third-order valence-corrected chi connectivity index (χ3v) is 7.48. The van der Waals surface area contributed by atoms with Gasteiger partial charge in [-0.15, -0.1) is 0 Å². The SMILES string of the molecule is Cc1c(Cl)cccc1S(=O)(=O)N1CCCCC(c2ccc(Cl)cc2)C1. The fraction of sp³-hybridized carbons (Fsp3) is 0.368. The van der Waals surface area contributed by atoms with Crippen molar-refractivity contribution in [3.05, 3.63) is 63.6 Å². The van der Waals surface area contributed by atoms with Gasteiger partial charge in [0.15, 0.2) is 0 Å². The normalized spacial score (nSPS) is 19.6. The minimum Gasteiger partial charge on any atom is -0.207 e. The molecule has 0 N–H and O–H groups in total. The van der Waals surface area contributed by atoms with Crippen LogP contribution in [0.3, 0.4) is 0 Å². The number of nitrogens with zero attached hydrogens (tertiary/aromatic N) is 1. The van der Waals surface area contributed by atoms with Gasteiger partial charge in [0, 0.05) is 23.1 Å². The van der Waals surface area contributed by atoms with Crippen LogP contribution in [-0.4, -0.2) is 25.8 Å². The Bertz CT molecular complexity index is 850. The van der Waals surface area contributed by atoms with Gasteiger partial charge in [-0.3, -0.25) is 0 Å². The van der Waals surface area contributed by atoms with Gasteiger partial charge in [-0.25, -0.2) is 8.42 Å². The van der Waals surface area contributed by atoms with Gasteiger partial charge in [-0.1, -0.05) is 47.8 Å². The van der Waals surface area contributed by atoms with Gasteiger partial charge in [0.1, 0.15) is 0 Å². The molecule has 134 valence electrons. The Kier molecular flexibility index (Phi) is 5.74. The molecule has 1 unspecified atom stereocenters. The first-order valence-corrected chi connectivity index (χ1v) is 10.6. The highest BCUT2D eigenvalue weighted by Crippen LogP contribution is 2.32. The molecule has 0 bridgehead atoms. The lowest BCUT2D eigenvalue weighted by atomic mass is 9.95. The molecule has 2 aromatic carbocycles. The molecule has 1 atom stereocenters. The third-order valence-electron chi connectivity index (χ3n) is 4.81. The predicted octanol–water partition coefficient (Wildman–Crippen LogP) is 5.26. The van der Waals surface area contributed by atoms with Crippen LogP contribution in [0.2, 0.25) is 10.0 Å². The van der Waals surface area contributed by atoms with Crippen molar-refractivity contribution >= 4 is 33.2 Å². The van der Waals surface area contributed by atoms with Gasteiger partial charge in [0.2, 0.25) is 10.0 Å². The maximum absolute atomic E-state index is 13.2. The molecule has 1 saturated heterocycles. The second-order valence-corrected chi connectivity index (χ2v) is 9.22. The van der Waals surface area contributed by atoms with Crippen molar-refractivity contribution < 1.29 is 8.42 Å². The molecule has 2 aromatic rings. The van der Waals surface area contributed by atoms with Crippen LogP contribution in [0.15, 0.2) is 47.4 Å². The van der Waals surface area contributed by atoms with E-state index < -0.39 is 10.0 Å². The maximum Gasteiger partial charge on any atom is 0.243 e. The molecule has 1 aliphatic heterocycles. The van der Waals surface area contributed by atoms with Crippen LogP contribution in [0.5, 0.6) is 0 Å². The summed E-state index contributed by atoms with van der Waals surface area (Å²) in [6.45, 7) is 2.78. The number of rotatable bonds is 3. The van der Waals surface area contributed by atoms with Crippen LogP contribution in [0.4, 0.5) is 0 Å². The Morgan fingerprint density at radius 3 is 2.48 bits per heavy atom. The van der Waals surface area contributed by atoms with E-state index in [-0.39, 0.29) is 5.92 Å². The molecule has 25 heavy (non-hydrogen) atoms. The highest BCUT2D eigenvalue weighted by Gasteiger charge is 2.30. The summed E-state index contributed by atoms with van der Waals surface area (Å²) in [6, 6.07) is 12.8. The van der Waals surface area contributed by atoms with Gasteiger partial charge in [-0.2, -0.15) is 4.31 Å². The molecule has 0 spiro atoms. The molecule has 1 heterocycles. The number of hydrogen-bond donors (Lipinski definition) is 0. The highest BCUT2D eigenvalue weighted by molar-refractivity contribution is 7.89. The van der Waals surface area contributed by atoms with Gasteiger partial charge in [0.05, 0.1) is 4.90 Å². The lowest BCUT2D eigenvalue weighted by molar-refractivity contribution is 0.406. The van der Waals surface area contributed by atoms with Crippen LogP contribution in [0.1, 0.15) is 36.3 Å². The monoisotopic (exact) mass is 397 g/mol. The van der Waals surface area contributed by atoms with Crippen LogP contribution in [-0.2, 0) is 10.0 Å². The Hall–Kier alpha value is -1.07. The lowest BCUT2D eigenvalue weighted by Gasteiger charge is -2.25. The highest BCUT2D eigenvalue weighted by atomic mass is 35.5. The molecule has 0 aliphatic carbocycles. The summed E-state index contributed by atoms with van der Waals surface area (Å²) in [4.78, 5) is 0.303. The molecule has 0 amide bonds. The Morgan fingerprint density at radius 1 is 1.04 bits per heavy atom. The van der Waals surface area contributed by atoms with Gasteiger partial charge in [0.25, 0.3) is 0 Å². The number of benzene rings is 2. The van der Waals surface area contributed by atoms with Crippen LogP contribution < -0.4 is 0 Å². The number of sulfonamides is 1. The molecular weight excluding hydrogens is 377 g/mol. The van der Waals surface area contributed by atoms with E-state index >= 15 is 0 Å². The summed E-state index contributed by atoms with van der Waals surface area (Å²) in [6.07, 6.45) is 2.85. The first-order chi connectivity index (χ1) is 11.9. The molecule has 1 aliphatic rings. The maximum atomic E-state index is 13.2. The van der Waals surface area contributed by atoms with Gasteiger partial charge < -0.3 is 0 Å². The minimum atomic E-state index is -3.56. The van der Waals surface area contributed by atoms with Crippen molar-refractivity contribution in [1.82, 2.24) is 4.31 Å². The van der Waals surface area contributed by atoms with Crippen LogP contribution in [0.25, 0.3) is 0 Å². The second kappa shape index (κ2) is 7.67. The Morgan fingerprint density at radius 2 is 1.76 bits per heavy atom. The van der Waals surface area contributed by atoms with Crippen LogP contribution in [0, 0.1) is 6.92 Å². The first kappa shape index (κ1) is 18.7. The summed E-state index contributed by atoms with van der Waals surface area (Å²) in [5, 5.41) is 1.17. The molecule has 3 nitrogen and oxygen atoms in total. The quantitative estimate of drug-likeness (QED) is 0.707. The fourth-order valence-corrected chi connectivity index (χ4v) is 5.47. The van der Waals surface area contributed by atoms with E-state index in [1.165, 1.54) is 0 Å². The summed E-state index contributed by atoms with van der Waals surface area (Å²) in [5.74, 6) is 0.175. The van der Waals surface area contributed by atoms with E-state index in [4.69, 9.17) is 23.2 Å². The Labute approximate surface area is 159 Å². The fourth-order valence-electron chi connectivity index (χ4n) is 3.34. The van der Waals surface area contributed by atoms with Gasteiger partial charge in [-0.05, 0) is 61.1 Å². The number of hydrogen-bond acceptors (Lipinski definition) is 2. The van der Waals surface area contributed by atoms with E-state index in [1.807, 2.05) is 24.3 Å². The zero-order valence-electron chi connectivity index (χ0n) is 14.1. The second-order valence-electron chi connectivity index (χ2n) is 6.47. The smallest absolute Gasteiger partial charge is 0.207 e. The van der Waals surface area contributed by atoms with Crippen molar-refractivity contribution in [1.29, 1.82) is 0 Å². The summed E-state index contributed by atoms with van der Waals surface area (Å²) in [5.41, 5.74) is 1.74. The summed E-state index contributed by atoms with van der Waals surface area (Å²) in [7, 11) is -3.56. The summed E-state index contributed by atoms with van der Waals surface area (Å²) < 4.78 is 28.0. The van der Waals surface area contributed by atoms with Crippen molar-refractivity contribution in [3.63, 3.8) is 0 Å². The molecule has 1 fully saturated rings. The molecule has 3 rings (SSSR count). The molecular formula is C19H21Cl2NO2S. The topological polar surface area (TPSA) is 37.4 Å². The predicted molar refractivity (Wildman–Crippen MR) is 103 cm³/mol. The van der Waals surface area contributed by atoms with E-state index in [0.717, 1.165) is 24.8 Å². The van der Waals surface area contributed by atoms with E-state index in [0.29, 0.717) is 33.6 Å². The standard InChI is InChI=1S/C19H21Cl2NO2S/c1-14-18(21)6-4-7-19(14)25(23,24)22-12-3-2-5-16(13-22)15-8-10-17(20)11-9-15/h4,6-11,16H,2-3,5,12-13H2,1H3. The molecule has 0 radical (unpaired) electrons. The first-order valence-electron chi connectivity index (χ1n) is 8.40. The lowest BCUT2D eigenvalue weighted by Crippen LogP contribution is -2.34. The third kappa shape index (κ3) is 4.03. The molecule has 0 aromatic heterocycles. The largest absolute Gasteiger partial charge is 0.243 e. The van der Waals surface area contributed by atoms with E-state index in [1.54, 1.807) is 29.4 Å². The zero-order valence-corrected chi connectivity index (χ0v) is 16.4. The van der Waals surface area contributed by atoms with Crippen molar-refractivity contribution in [3.8, 4) is 0 Å². The molecule has 0 saturated carbocycles. The number of halogens is 2. The van der Waals surface area contributed by atoms with Crippen molar-refractivity contribution in [2.45, 2.75) is 37.0 Å². The van der Waals surface area contributed by atoms with Gasteiger partial charge >= 0.3 is 0 Å². The molecule has 6 heteroatoms. The summed E-state index contributed by atoms with van der Waals surface area (Å²) >= 11 is 12.1.